The maximum absolute atomic E-state index is 12.1. The van der Waals surface area contributed by atoms with E-state index in [1.165, 1.54) is 0 Å². The number of nitrogens with zero attached hydrogens (tertiary/aromatic N) is 2. The molecule has 0 spiro atoms. The molecule has 0 atom stereocenters. The number of hydrogen-bond acceptors (Lipinski definition) is 4. The summed E-state index contributed by atoms with van der Waals surface area (Å²) in [5.74, 6) is 1.36. The molecule has 134 valence electrons. The zero-order valence-corrected chi connectivity index (χ0v) is 15.5. The Morgan fingerprint density at radius 3 is 2.44 bits per heavy atom. The molecule has 0 saturated heterocycles. The van der Waals surface area contributed by atoms with Gasteiger partial charge in [-0.05, 0) is 47.9 Å². The number of ether oxygens (including phenoxy) is 2. The van der Waals surface area contributed by atoms with Crippen LogP contribution in [-0.2, 0) is 11.2 Å². The number of likely N-dealkylation sites (N-methyl/N-ethyl adjacent to an activating group) is 1. The van der Waals surface area contributed by atoms with E-state index in [-0.39, 0.29) is 18.3 Å². The molecular weight excluding hydrogens is 340 g/mol. The van der Waals surface area contributed by atoms with Crippen molar-refractivity contribution >= 4 is 24.4 Å². The lowest BCUT2D eigenvalue weighted by Crippen LogP contribution is -2.27. The van der Waals surface area contributed by atoms with Gasteiger partial charge in [0.15, 0.2) is 11.5 Å². The van der Waals surface area contributed by atoms with E-state index in [1.54, 1.807) is 50.7 Å². The monoisotopic (exact) mass is 362 g/mol. The summed E-state index contributed by atoms with van der Waals surface area (Å²) in [6.45, 7) is 0.620. The summed E-state index contributed by atoms with van der Waals surface area (Å²) in [6, 6.07) is 9.50. The molecule has 0 N–H and O–H groups in total. The summed E-state index contributed by atoms with van der Waals surface area (Å²) in [6.07, 6.45) is 7.50. The zero-order chi connectivity index (χ0) is 17.4. The molecule has 0 fully saturated rings. The molecule has 0 radical (unpaired) electrons. The summed E-state index contributed by atoms with van der Waals surface area (Å²) < 4.78 is 10.5. The van der Waals surface area contributed by atoms with E-state index >= 15 is 0 Å². The average Bonchev–Trinajstić information content (AvgIpc) is 2.64. The first-order valence-electron chi connectivity index (χ1n) is 7.68. The van der Waals surface area contributed by atoms with Crippen LogP contribution in [0.15, 0.2) is 48.8 Å². The smallest absolute Gasteiger partial charge is 0.246 e. The Kier molecular flexibility index (Phi) is 8.50. The topological polar surface area (TPSA) is 51.7 Å². The maximum Gasteiger partial charge on any atom is 0.246 e. The third kappa shape index (κ3) is 6.12. The minimum Gasteiger partial charge on any atom is -0.493 e. The van der Waals surface area contributed by atoms with E-state index < -0.39 is 0 Å². The summed E-state index contributed by atoms with van der Waals surface area (Å²) in [5.41, 5.74) is 2.04. The van der Waals surface area contributed by atoms with E-state index in [9.17, 15) is 4.79 Å². The van der Waals surface area contributed by atoms with Gasteiger partial charge in [-0.3, -0.25) is 9.78 Å². The van der Waals surface area contributed by atoms with Gasteiger partial charge in [0.25, 0.3) is 0 Å². The molecule has 1 amide bonds. The van der Waals surface area contributed by atoms with Crippen molar-refractivity contribution < 1.29 is 14.3 Å². The van der Waals surface area contributed by atoms with Crippen LogP contribution in [0, 0.1) is 0 Å². The second-order valence-electron chi connectivity index (χ2n) is 5.31. The molecule has 0 aliphatic rings. The Morgan fingerprint density at radius 1 is 1.12 bits per heavy atom. The summed E-state index contributed by atoms with van der Waals surface area (Å²) in [4.78, 5) is 17.8. The first-order chi connectivity index (χ1) is 11.6. The van der Waals surface area contributed by atoms with Crippen molar-refractivity contribution in [2.45, 2.75) is 6.42 Å². The fraction of sp³-hybridized carbons (Fsp3) is 0.263. The standard InChI is InChI=1S/C19H22N2O3.ClH/c1-21(19(22)7-5-15-8-11-20-12-9-15)13-10-16-4-6-17(23-2)18(14-16)24-3;/h4-9,11-12,14H,10,13H2,1-3H3;1H/b7-5+;. The molecule has 2 rings (SSSR count). The lowest BCUT2D eigenvalue weighted by Gasteiger charge is -2.16. The minimum absolute atomic E-state index is 0. The van der Waals surface area contributed by atoms with Gasteiger partial charge in [-0.15, -0.1) is 12.4 Å². The fourth-order valence-electron chi connectivity index (χ4n) is 2.21. The van der Waals surface area contributed by atoms with Crippen LogP contribution >= 0.6 is 12.4 Å². The molecule has 1 aromatic heterocycles. The van der Waals surface area contributed by atoms with Gasteiger partial charge in [0.1, 0.15) is 0 Å². The van der Waals surface area contributed by atoms with Crippen molar-refractivity contribution in [1.82, 2.24) is 9.88 Å². The highest BCUT2D eigenvalue weighted by atomic mass is 35.5. The third-order valence-corrected chi connectivity index (χ3v) is 3.68. The molecule has 2 aromatic rings. The van der Waals surface area contributed by atoms with Crippen molar-refractivity contribution in [2.75, 3.05) is 27.8 Å². The maximum atomic E-state index is 12.1. The molecule has 0 bridgehead atoms. The number of carbonyl (C=O) groups is 1. The van der Waals surface area contributed by atoms with E-state index in [4.69, 9.17) is 9.47 Å². The van der Waals surface area contributed by atoms with Gasteiger partial charge < -0.3 is 14.4 Å². The van der Waals surface area contributed by atoms with Crippen LogP contribution in [0.5, 0.6) is 11.5 Å². The second kappa shape index (κ2) is 10.4. The number of hydrogen-bond donors (Lipinski definition) is 0. The van der Waals surface area contributed by atoms with Crippen LogP contribution in [0.3, 0.4) is 0 Å². The predicted octanol–water partition coefficient (Wildman–Crippen LogP) is 3.23. The van der Waals surface area contributed by atoms with Crippen LogP contribution < -0.4 is 9.47 Å². The first-order valence-corrected chi connectivity index (χ1v) is 7.68. The molecule has 0 aliphatic carbocycles. The molecule has 5 nitrogen and oxygen atoms in total. The molecular formula is C19H23ClN2O3. The lowest BCUT2D eigenvalue weighted by molar-refractivity contribution is -0.124. The van der Waals surface area contributed by atoms with Gasteiger partial charge in [-0.1, -0.05) is 6.07 Å². The fourth-order valence-corrected chi connectivity index (χ4v) is 2.21. The molecule has 0 aliphatic heterocycles. The van der Waals surface area contributed by atoms with Crippen molar-refractivity contribution in [2.24, 2.45) is 0 Å². The summed E-state index contributed by atoms with van der Waals surface area (Å²) >= 11 is 0. The number of rotatable bonds is 7. The Hall–Kier alpha value is -2.53. The first kappa shape index (κ1) is 20.5. The van der Waals surface area contributed by atoms with Gasteiger partial charge in [0.05, 0.1) is 14.2 Å². The zero-order valence-electron chi connectivity index (χ0n) is 14.6. The van der Waals surface area contributed by atoms with Crippen LogP contribution in [-0.4, -0.2) is 43.6 Å². The normalized spacial score (nSPS) is 10.2. The highest BCUT2D eigenvalue weighted by molar-refractivity contribution is 5.91. The van der Waals surface area contributed by atoms with Gasteiger partial charge >= 0.3 is 0 Å². The van der Waals surface area contributed by atoms with Crippen LogP contribution in [0.1, 0.15) is 11.1 Å². The number of aromatic nitrogens is 1. The average molecular weight is 363 g/mol. The molecule has 25 heavy (non-hydrogen) atoms. The van der Waals surface area contributed by atoms with Crippen molar-refractivity contribution in [1.29, 1.82) is 0 Å². The van der Waals surface area contributed by atoms with E-state index in [2.05, 4.69) is 4.98 Å². The minimum atomic E-state index is -0.0349. The van der Waals surface area contributed by atoms with Crippen LogP contribution in [0.4, 0.5) is 0 Å². The molecule has 0 unspecified atom stereocenters. The SMILES string of the molecule is COc1ccc(CCN(C)C(=O)/C=C/c2ccncc2)cc1OC.Cl. The number of pyridine rings is 1. The number of carbonyl (C=O) groups excluding carboxylic acids is 1. The summed E-state index contributed by atoms with van der Waals surface area (Å²) in [5, 5.41) is 0. The quantitative estimate of drug-likeness (QED) is 0.709. The van der Waals surface area contributed by atoms with Crippen LogP contribution in [0.2, 0.25) is 0 Å². The number of amides is 1. The van der Waals surface area contributed by atoms with Crippen LogP contribution in [0.25, 0.3) is 6.08 Å². The van der Waals surface area contributed by atoms with Gasteiger partial charge in [0, 0.05) is 32.1 Å². The Bertz CT molecular complexity index is 705. The Labute approximate surface area is 154 Å². The molecule has 6 heteroatoms. The van der Waals surface area contributed by atoms with Crippen molar-refractivity contribution in [3.8, 4) is 11.5 Å². The molecule has 1 heterocycles. The predicted molar refractivity (Wildman–Crippen MR) is 101 cm³/mol. The van der Waals surface area contributed by atoms with E-state index in [1.807, 2.05) is 30.3 Å². The Morgan fingerprint density at radius 2 is 1.80 bits per heavy atom. The number of methoxy groups -OCH3 is 2. The van der Waals surface area contributed by atoms with Gasteiger partial charge in [-0.2, -0.15) is 0 Å². The number of halogens is 1. The lowest BCUT2D eigenvalue weighted by atomic mass is 10.1. The van der Waals surface area contributed by atoms with Gasteiger partial charge in [-0.25, -0.2) is 0 Å². The molecule has 0 saturated carbocycles. The third-order valence-electron chi connectivity index (χ3n) is 3.68. The van der Waals surface area contributed by atoms with E-state index in [0.717, 1.165) is 17.5 Å². The van der Waals surface area contributed by atoms with Gasteiger partial charge in [0.2, 0.25) is 5.91 Å². The second-order valence-corrected chi connectivity index (χ2v) is 5.31. The van der Waals surface area contributed by atoms with E-state index in [0.29, 0.717) is 18.0 Å². The largest absolute Gasteiger partial charge is 0.493 e. The molecule has 1 aromatic carbocycles. The highest BCUT2D eigenvalue weighted by Gasteiger charge is 2.08. The Balaban J connectivity index is 0.00000312. The van der Waals surface area contributed by atoms with Crippen molar-refractivity contribution in [3.63, 3.8) is 0 Å². The number of benzene rings is 1. The summed E-state index contributed by atoms with van der Waals surface area (Å²) in [7, 11) is 5.01. The highest BCUT2D eigenvalue weighted by Crippen LogP contribution is 2.27. The van der Waals surface area contributed by atoms with Crippen molar-refractivity contribution in [3.05, 3.63) is 59.9 Å².